The molecular weight excluding hydrogens is 200 g/mol. The number of carbonyl (C=O) groups is 1. The number of furan rings is 1. The Hall–Kier alpha value is -1.57. The van der Waals surface area contributed by atoms with E-state index in [4.69, 9.17) is 4.42 Å². The number of fused-ring (bicyclic) bond motifs is 1. The number of benzene rings is 1. The first-order valence-electron chi connectivity index (χ1n) is 5.60. The van der Waals surface area contributed by atoms with Crippen LogP contribution < -0.4 is 0 Å². The van der Waals surface area contributed by atoms with Crippen LogP contribution in [-0.4, -0.2) is 5.78 Å². The van der Waals surface area contributed by atoms with Crippen molar-refractivity contribution in [2.45, 2.75) is 27.2 Å². The quantitative estimate of drug-likeness (QED) is 0.727. The number of hydrogen-bond acceptors (Lipinski definition) is 2. The summed E-state index contributed by atoms with van der Waals surface area (Å²) in [4.78, 5) is 11.8. The van der Waals surface area contributed by atoms with Gasteiger partial charge in [0.25, 0.3) is 0 Å². The van der Waals surface area contributed by atoms with Crippen molar-refractivity contribution in [3.8, 4) is 0 Å². The average molecular weight is 216 g/mol. The van der Waals surface area contributed by atoms with Crippen LogP contribution in [0.5, 0.6) is 0 Å². The van der Waals surface area contributed by atoms with Gasteiger partial charge >= 0.3 is 0 Å². The Labute approximate surface area is 95.3 Å². The summed E-state index contributed by atoms with van der Waals surface area (Å²) in [5, 5.41) is 1.04. The Morgan fingerprint density at radius 1 is 1.38 bits per heavy atom. The number of hydrogen-bond donors (Lipinski definition) is 0. The van der Waals surface area contributed by atoms with E-state index in [0.717, 1.165) is 16.5 Å². The third kappa shape index (κ3) is 2.01. The van der Waals surface area contributed by atoms with Gasteiger partial charge in [0.15, 0.2) is 11.5 Å². The molecule has 16 heavy (non-hydrogen) atoms. The van der Waals surface area contributed by atoms with Crippen molar-refractivity contribution in [1.29, 1.82) is 0 Å². The maximum Gasteiger partial charge on any atom is 0.198 e. The molecule has 0 aliphatic rings. The number of Topliss-reactive ketones (excluding diaryl/α,β-unsaturated/α-hetero) is 1. The van der Waals surface area contributed by atoms with Gasteiger partial charge in [-0.05, 0) is 30.5 Å². The van der Waals surface area contributed by atoms with Gasteiger partial charge in [0.2, 0.25) is 0 Å². The van der Waals surface area contributed by atoms with Gasteiger partial charge in [0.1, 0.15) is 5.58 Å². The van der Waals surface area contributed by atoms with E-state index < -0.39 is 0 Å². The van der Waals surface area contributed by atoms with E-state index in [2.05, 4.69) is 0 Å². The van der Waals surface area contributed by atoms with Crippen molar-refractivity contribution in [2.75, 3.05) is 0 Å². The number of carbonyl (C=O) groups excluding carboxylic acids is 1. The Morgan fingerprint density at radius 3 is 2.75 bits per heavy atom. The summed E-state index contributed by atoms with van der Waals surface area (Å²) in [6.07, 6.45) is 0.541. The Kier molecular flexibility index (Phi) is 2.82. The molecule has 0 radical (unpaired) electrons. The topological polar surface area (TPSA) is 30.2 Å². The molecule has 0 bridgehead atoms. The minimum atomic E-state index is 0.0885. The molecule has 2 nitrogen and oxygen atoms in total. The number of rotatable bonds is 3. The van der Waals surface area contributed by atoms with Crippen molar-refractivity contribution in [2.24, 2.45) is 5.92 Å². The molecule has 2 aromatic rings. The summed E-state index contributed by atoms with van der Waals surface area (Å²) in [5.74, 6) is 0.936. The lowest BCUT2D eigenvalue weighted by molar-refractivity contribution is 0.0943. The Balaban J connectivity index is 2.40. The normalized spacial score (nSPS) is 11.2. The fourth-order valence-corrected chi connectivity index (χ4v) is 1.82. The van der Waals surface area contributed by atoms with Crippen LogP contribution in [0.1, 0.15) is 36.4 Å². The van der Waals surface area contributed by atoms with Gasteiger partial charge < -0.3 is 4.42 Å². The molecule has 0 atom stereocenters. The van der Waals surface area contributed by atoms with E-state index in [1.807, 2.05) is 45.0 Å². The first-order valence-corrected chi connectivity index (χ1v) is 5.60. The van der Waals surface area contributed by atoms with Crippen molar-refractivity contribution in [1.82, 2.24) is 0 Å². The zero-order valence-electron chi connectivity index (χ0n) is 9.91. The Bertz CT molecular complexity index is 521. The van der Waals surface area contributed by atoms with Gasteiger partial charge in [-0.3, -0.25) is 4.79 Å². The van der Waals surface area contributed by atoms with E-state index in [1.54, 1.807) is 0 Å². The highest BCUT2D eigenvalue weighted by atomic mass is 16.3. The second-order valence-electron chi connectivity index (χ2n) is 4.62. The average Bonchev–Trinajstić information content (AvgIpc) is 2.61. The van der Waals surface area contributed by atoms with Crippen LogP contribution in [-0.2, 0) is 0 Å². The molecule has 0 amide bonds. The second-order valence-corrected chi connectivity index (χ2v) is 4.62. The van der Waals surface area contributed by atoms with E-state index in [-0.39, 0.29) is 5.78 Å². The molecule has 0 fully saturated rings. The molecule has 0 saturated carbocycles. The summed E-state index contributed by atoms with van der Waals surface area (Å²) < 4.78 is 5.56. The van der Waals surface area contributed by atoms with Crippen LogP contribution in [0.3, 0.4) is 0 Å². The smallest absolute Gasteiger partial charge is 0.198 e. The molecule has 1 aromatic heterocycles. The predicted molar refractivity (Wildman–Crippen MR) is 64.7 cm³/mol. The maximum atomic E-state index is 11.8. The molecule has 1 heterocycles. The second kappa shape index (κ2) is 4.12. The molecule has 0 aliphatic heterocycles. The lowest BCUT2D eigenvalue weighted by atomic mass is 10.1. The van der Waals surface area contributed by atoms with Crippen molar-refractivity contribution >= 4 is 16.8 Å². The third-order valence-electron chi connectivity index (χ3n) is 2.65. The molecule has 0 saturated heterocycles. The molecule has 2 heteroatoms. The molecule has 0 unspecified atom stereocenters. The van der Waals surface area contributed by atoms with Gasteiger partial charge in [-0.1, -0.05) is 26.0 Å². The summed E-state index contributed by atoms with van der Waals surface area (Å²) in [7, 11) is 0. The standard InChI is InChI=1S/C14H16O2/c1-9(2)7-12(15)14-8-11-10(3)5-4-6-13(11)16-14/h4-6,8-9H,7H2,1-3H3. The van der Waals surface area contributed by atoms with Crippen LogP contribution in [0.15, 0.2) is 28.7 Å². The SMILES string of the molecule is Cc1cccc2oc(C(=O)CC(C)C)cc12. The zero-order chi connectivity index (χ0) is 11.7. The fourth-order valence-electron chi connectivity index (χ4n) is 1.82. The minimum absolute atomic E-state index is 0.0885. The van der Waals surface area contributed by atoms with Crippen LogP contribution in [0.2, 0.25) is 0 Å². The van der Waals surface area contributed by atoms with E-state index in [9.17, 15) is 4.79 Å². The highest BCUT2D eigenvalue weighted by Crippen LogP contribution is 2.23. The third-order valence-corrected chi connectivity index (χ3v) is 2.65. The summed E-state index contributed by atoms with van der Waals surface area (Å²) in [5.41, 5.74) is 1.94. The Morgan fingerprint density at radius 2 is 2.12 bits per heavy atom. The maximum absolute atomic E-state index is 11.8. The van der Waals surface area contributed by atoms with Crippen LogP contribution in [0.4, 0.5) is 0 Å². The van der Waals surface area contributed by atoms with E-state index in [1.165, 1.54) is 0 Å². The van der Waals surface area contributed by atoms with Gasteiger partial charge in [0.05, 0.1) is 0 Å². The lowest BCUT2D eigenvalue weighted by Crippen LogP contribution is -2.01. The fraction of sp³-hybridized carbons (Fsp3) is 0.357. The zero-order valence-corrected chi connectivity index (χ0v) is 9.91. The molecular formula is C14H16O2. The highest BCUT2D eigenvalue weighted by molar-refractivity contribution is 5.98. The highest BCUT2D eigenvalue weighted by Gasteiger charge is 2.14. The van der Waals surface area contributed by atoms with Gasteiger partial charge in [0, 0.05) is 11.8 Å². The van der Waals surface area contributed by atoms with Gasteiger partial charge in [-0.2, -0.15) is 0 Å². The van der Waals surface area contributed by atoms with Crippen LogP contribution in [0, 0.1) is 12.8 Å². The van der Waals surface area contributed by atoms with Crippen molar-refractivity contribution in [3.63, 3.8) is 0 Å². The first-order chi connectivity index (χ1) is 7.58. The van der Waals surface area contributed by atoms with Crippen molar-refractivity contribution < 1.29 is 9.21 Å². The number of aryl methyl sites for hydroxylation is 1. The molecule has 0 spiro atoms. The van der Waals surface area contributed by atoms with Gasteiger partial charge in [-0.25, -0.2) is 0 Å². The first kappa shape index (κ1) is 10.9. The largest absolute Gasteiger partial charge is 0.453 e. The molecule has 2 rings (SSSR count). The molecule has 0 aliphatic carbocycles. The molecule has 84 valence electrons. The van der Waals surface area contributed by atoms with E-state index in [0.29, 0.717) is 18.1 Å². The van der Waals surface area contributed by atoms with Crippen LogP contribution >= 0.6 is 0 Å². The number of ketones is 1. The monoisotopic (exact) mass is 216 g/mol. The van der Waals surface area contributed by atoms with Crippen molar-refractivity contribution in [3.05, 3.63) is 35.6 Å². The minimum Gasteiger partial charge on any atom is -0.453 e. The van der Waals surface area contributed by atoms with Crippen LogP contribution in [0.25, 0.3) is 11.0 Å². The summed E-state index contributed by atoms with van der Waals surface area (Å²) in [6.45, 7) is 6.09. The summed E-state index contributed by atoms with van der Waals surface area (Å²) >= 11 is 0. The molecule has 1 aromatic carbocycles. The lowest BCUT2D eigenvalue weighted by Gasteiger charge is -1.99. The summed E-state index contributed by atoms with van der Waals surface area (Å²) in [6, 6.07) is 7.72. The molecule has 0 N–H and O–H groups in total. The predicted octanol–water partition coefficient (Wildman–Crippen LogP) is 3.97. The van der Waals surface area contributed by atoms with Gasteiger partial charge in [-0.15, -0.1) is 0 Å². The van der Waals surface area contributed by atoms with E-state index >= 15 is 0 Å².